The minimum atomic E-state index is -3.90. The second kappa shape index (κ2) is 8.83. The molecule has 1 atom stereocenters. The van der Waals surface area contributed by atoms with E-state index >= 15 is 0 Å². The highest BCUT2D eigenvalue weighted by Crippen LogP contribution is 2.31. The van der Waals surface area contributed by atoms with Crippen LogP contribution in [0.3, 0.4) is 0 Å². The van der Waals surface area contributed by atoms with Crippen molar-refractivity contribution in [1.29, 1.82) is 0 Å². The average Bonchev–Trinajstić information content (AvgIpc) is 3.22. The van der Waals surface area contributed by atoms with E-state index in [2.05, 4.69) is 17.0 Å². The highest BCUT2D eigenvalue weighted by atomic mass is 32.2. The van der Waals surface area contributed by atoms with Gasteiger partial charge in [0.25, 0.3) is 0 Å². The van der Waals surface area contributed by atoms with Gasteiger partial charge in [-0.3, -0.25) is 9.69 Å². The summed E-state index contributed by atoms with van der Waals surface area (Å²) in [5.41, 5.74) is 1.23. The Hall–Kier alpha value is -2.29. The molecule has 1 amide bonds. The third kappa shape index (κ3) is 4.26. The number of halogens is 1. The van der Waals surface area contributed by atoms with Crippen molar-refractivity contribution in [3.63, 3.8) is 0 Å². The standard InChI is InChI=1S/C22H26FN3O3S/c23-19-9-4-5-11-21(19)30(28,29)26-15-13-24(14-16-26)22(27)17-25-12-6-10-20(25)18-7-2-1-3-8-18/h1-5,7-9,11,20H,6,10,12-17H2. The molecule has 2 aromatic rings. The molecule has 0 spiro atoms. The molecule has 2 aromatic carbocycles. The topological polar surface area (TPSA) is 60.9 Å². The third-order valence-electron chi connectivity index (χ3n) is 5.93. The Kier molecular flexibility index (Phi) is 6.17. The molecule has 0 aromatic heterocycles. The van der Waals surface area contributed by atoms with Crippen LogP contribution in [0.5, 0.6) is 0 Å². The van der Waals surface area contributed by atoms with E-state index in [1.54, 1.807) is 4.90 Å². The van der Waals surface area contributed by atoms with Crippen LogP contribution in [0.15, 0.2) is 59.5 Å². The van der Waals surface area contributed by atoms with Gasteiger partial charge in [0.15, 0.2) is 0 Å². The van der Waals surface area contributed by atoms with Crippen LogP contribution in [0.25, 0.3) is 0 Å². The highest BCUT2D eigenvalue weighted by Gasteiger charge is 2.33. The molecule has 2 aliphatic rings. The summed E-state index contributed by atoms with van der Waals surface area (Å²) in [6, 6.07) is 15.9. The van der Waals surface area contributed by atoms with Gasteiger partial charge >= 0.3 is 0 Å². The number of hydrogen-bond donors (Lipinski definition) is 0. The SMILES string of the molecule is O=C(CN1CCCC1c1ccccc1)N1CCN(S(=O)(=O)c2ccccc2F)CC1. The van der Waals surface area contributed by atoms with Gasteiger partial charge < -0.3 is 4.90 Å². The summed E-state index contributed by atoms with van der Waals surface area (Å²) in [4.78, 5) is 16.5. The van der Waals surface area contributed by atoms with E-state index in [-0.39, 0.29) is 29.9 Å². The fraction of sp³-hybridized carbons (Fsp3) is 0.409. The molecule has 6 nitrogen and oxygen atoms in total. The van der Waals surface area contributed by atoms with Crippen LogP contribution in [0.4, 0.5) is 4.39 Å². The van der Waals surface area contributed by atoms with Gasteiger partial charge in [0.1, 0.15) is 10.7 Å². The van der Waals surface area contributed by atoms with Gasteiger partial charge in [-0.1, -0.05) is 42.5 Å². The molecule has 2 saturated heterocycles. The lowest BCUT2D eigenvalue weighted by Crippen LogP contribution is -2.52. The van der Waals surface area contributed by atoms with Crippen molar-refractivity contribution < 1.29 is 17.6 Å². The molecule has 0 N–H and O–H groups in total. The predicted octanol–water partition coefficient (Wildman–Crippen LogP) is 2.50. The van der Waals surface area contributed by atoms with Crippen LogP contribution < -0.4 is 0 Å². The Morgan fingerprint density at radius 2 is 1.60 bits per heavy atom. The molecule has 8 heteroatoms. The summed E-state index contributed by atoms with van der Waals surface area (Å²) in [6.45, 7) is 2.19. The second-order valence-corrected chi connectivity index (χ2v) is 9.66. The van der Waals surface area contributed by atoms with Crippen LogP contribution >= 0.6 is 0 Å². The summed E-state index contributed by atoms with van der Waals surface area (Å²) in [5.74, 6) is -0.738. The smallest absolute Gasteiger partial charge is 0.246 e. The van der Waals surface area contributed by atoms with Gasteiger partial charge in [0, 0.05) is 32.2 Å². The Balaban J connectivity index is 1.36. The molecule has 0 aliphatic carbocycles. The number of sulfonamides is 1. The molecule has 2 aliphatic heterocycles. The van der Waals surface area contributed by atoms with E-state index in [4.69, 9.17) is 0 Å². The maximum atomic E-state index is 14.0. The number of nitrogens with zero attached hydrogens (tertiary/aromatic N) is 3. The number of piperazine rings is 1. The molecule has 30 heavy (non-hydrogen) atoms. The minimum absolute atomic E-state index is 0.0146. The molecule has 2 heterocycles. The first-order chi connectivity index (χ1) is 14.5. The number of carbonyl (C=O) groups excluding carboxylic acids is 1. The van der Waals surface area contributed by atoms with Crippen LogP contribution in [0.2, 0.25) is 0 Å². The number of hydrogen-bond acceptors (Lipinski definition) is 4. The average molecular weight is 432 g/mol. The van der Waals surface area contributed by atoms with Crippen LogP contribution in [0, 0.1) is 5.82 Å². The van der Waals surface area contributed by atoms with E-state index in [0.29, 0.717) is 19.6 Å². The van der Waals surface area contributed by atoms with Crippen molar-refractivity contribution in [1.82, 2.24) is 14.1 Å². The molecule has 2 fully saturated rings. The summed E-state index contributed by atoms with van der Waals surface area (Å²) < 4.78 is 40.7. The Morgan fingerprint density at radius 1 is 0.933 bits per heavy atom. The number of amides is 1. The van der Waals surface area contributed by atoms with Gasteiger partial charge in [-0.05, 0) is 37.1 Å². The normalized spacial score (nSPS) is 21.1. The number of benzene rings is 2. The minimum Gasteiger partial charge on any atom is -0.339 e. The first-order valence-corrected chi connectivity index (χ1v) is 11.7. The monoisotopic (exact) mass is 431 g/mol. The summed E-state index contributed by atoms with van der Waals surface area (Å²) in [6.07, 6.45) is 2.09. The van der Waals surface area contributed by atoms with Crippen molar-refractivity contribution in [2.24, 2.45) is 0 Å². The van der Waals surface area contributed by atoms with Crippen molar-refractivity contribution in [3.8, 4) is 0 Å². The molecule has 4 rings (SSSR count). The fourth-order valence-electron chi connectivity index (χ4n) is 4.31. The predicted molar refractivity (Wildman–Crippen MR) is 112 cm³/mol. The number of likely N-dealkylation sites (tertiary alicyclic amines) is 1. The maximum Gasteiger partial charge on any atom is 0.246 e. The van der Waals surface area contributed by atoms with Gasteiger partial charge in [-0.25, -0.2) is 12.8 Å². The molecule has 1 unspecified atom stereocenters. The van der Waals surface area contributed by atoms with Crippen LogP contribution in [-0.2, 0) is 14.8 Å². The Morgan fingerprint density at radius 3 is 2.30 bits per heavy atom. The lowest BCUT2D eigenvalue weighted by atomic mass is 10.0. The van der Waals surface area contributed by atoms with E-state index in [9.17, 15) is 17.6 Å². The zero-order valence-corrected chi connectivity index (χ0v) is 17.6. The second-order valence-electron chi connectivity index (χ2n) is 7.75. The van der Waals surface area contributed by atoms with Gasteiger partial charge in [0.05, 0.1) is 6.54 Å². The Bertz CT molecular complexity index is 992. The van der Waals surface area contributed by atoms with E-state index in [0.717, 1.165) is 25.5 Å². The third-order valence-corrected chi connectivity index (χ3v) is 7.86. The lowest BCUT2D eigenvalue weighted by Gasteiger charge is -2.35. The van der Waals surface area contributed by atoms with Crippen molar-refractivity contribution in [2.75, 3.05) is 39.3 Å². The number of rotatable bonds is 5. The van der Waals surface area contributed by atoms with Gasteiger partial charge in [0.2, 0.25) is 15.9 Å². The fourth-order valence-corrected chi connectivity index (χ4v) is 5.80. The van der Waals surface area contributed by atoms with Gasteiger partial charge in [-0.2, -0.15) is 4.31 Å². The zero-order chi connectivity index (χ0) is 21.1. The molecular weight excluding hydrogens is 405 g/mol. The van der Waals surface area contributed by atoms with Crippen molar-refractivity contribution in [3.05, 3.63) is 66.0 Å². The quantitative estimate of drug-likeness (QED) is 0.730. The van der Waals surface area contributed by atoms with E-state index < -0.39 is 15.8 Å². The summed E-state index contributed by atoms with van der Waals surface area (Å²) >= 11 is 0. The van der Waals surface area contributed by atoms with E-state index in [1.165, 1.54) is 28.1 Å². The van der Waals surface area contributed by atoms with Crippen molar-refractivity contribution in [2.45, 2.75) is 23.8 Å². The number of carbonyl (C=O) groups is 1. The van der Waals surface area contributed by atoms with E-state index in [1.807, 2.05) is 18.2 Å². The van der Waals surface area contributed by atoms with Crippen molar-refractivity contribution >= 4 is 15.9 Å². The Labute approximate surface area is 176 Å². The van der Waals surface area contributed by atoms with Crippen LogP contribution in [-0.4, -0.2) is 67.7 Å². The summed E-state index contributed by atoms with van der Waals surface area (Å²) in [5, 5.41) is 0. The van der Waals surface area contributed by atoms with Gasteiger partial charge in [-0.15, -0.1) is 0 Å². The largest absolute Gasteiger partial charge is 0.339 e. The lowest BCUT2D eigenvalue weighted by molar-refractivity contribution is -0.133. The van der Waals surface area contributed by atoms with Crippen LogP contribution in [0.1, 0.15) is 24.4 Å². The first-order valence-electron chi connectivity index (χ1n) is 10.3. The molecule has 0 radical (unpaired) electrons. The molecular formula is C22H26FN3O3S. The first kappa shape index (κ1) is 21.0. The summed E-state index contributed by atoms with van der Waals surface area (Å²) in [7, 11) is -3.90. The molecule has 0 saturated carbocycles. The maximum absolute atomic E-state index is 14.0. The zero-order valence-electron chi connectivity index (χ0n) is 16.8. The molecule has 160 valence electrons. The molecule has 0 bridgehead atoms. The highest BCUT2D eigenvalue weighted by molar-refractivity contribution is 7.89.